The van der Waals surface area contributed by atoms with E-state index in [1.54, 1.807) is 7.11 Å². The van der Waals surface area contributed by atoms with Crippen LogP contribution in [0.25, 0.3) is 11.4 Å². The van der Waals surface area contributed by atoms with Gasteiger partial charge in [-0.15, -0.1) is 0 Å². The third-order valence-corrected chi connectivity index (χ3v) is 5.73. The number of benzene rings is 2. The lowest BCUT2D eigenvalue weighted by molar-refractivity contribution is -0.132. The molecule has 0 N–H and O–H groups in total. The second-order valence-electron chi connectivity index (χ2n) is 7.72. The molecule has 4 rings (SSSR count). The molecule has 6 heteroatoms. The second-order valence-corrected chi connectivity index (χ2v) is 7.72. The number of carbonyl (C=O) groups is 1. The summed E-state index contributed by atoms with van der Waals surface area (Å²) >= 11 is 0. The van der Waals surface area contributed by atoms with Gasteiger partial charge < -0.3 is 14.2 Å². The summed E-state index contributed by atoms with van der Waals surface area (Å²) < 4.78 is 10.8. The van der Waals surface area contributed by atoms with Gasteiger partial charge in [-0.25, -0.2) is 0 Å². The SMILES string of the molecule is COc1ccccc1CCC(=O)N1CCC(Cc2nc(-c3ccccc3)no2)CC1. The molecule has 2 heterocycles. The van der Waals surface area contributed by atoms with E-state index in [1.807, 2.05) is 59.5 Å². The topological polar surface area (TPSA) is 68.5 Å². The third-order valence-electron chi connectivity index (χ3n) is 5.73. The van der Waals surface area contributed by atoms with Crippen LogP contribution in [-0.2, 0) is 17.6 Å². The molecule has 0 unspecified atom stereocenters. The maximum Gasteiger partial charge on any atom is 0.227 e. The molecule has 0 aliphatic carbocycles. The number of nitrogens with zero attached hydrogens (tertiary/aromatic N) is 3. The van der Waals surface area contributed by atoms with Gasteiger partial charge in [-0.3, -0.25) is 4.79 Å². The van der Waals surface area contributed by atoms with Crippen LogP contribution in [0.5, 0.6) is 5.75 Å². The molecule has 0 radical (unpaired) electrons. The zero-order chi connectivity index (χ0) is 20.8. The molecule has 1 aromatic heterocycles. The van der Waals surface area contributed by atoms with Crippen molar-refractivity contribution in [2.24, 2.45) is 5.92 Å². The first-order valence-corrected chi connectivity index (χ1v) is 10.5. The molecule has 0 atom stereocenters. The number of methoxy groups -OCH3 is 1. The van der Waals surface area contributed by atoms with Crippen LogP contribution in [0.2, 0.25) is 0 Å². The van der Waals surface area contributed by atoms with Crippen LogP contribution >= 0.6 is 0 Å². The molecule has 3 aromatic rings. The zero-order valence-corrected chi connectivity index (χ0v) is 17.3. The molecule has 1 amide bonds. The van der Waals surface area contributed by atoms with Gasteiger partial charge in [-0.05, 0) is 36.8 Å². The number of aromatic nitrogens is 2. The monoisotopic (exact) mass is 405 g/mol. The van der Waals surface area contributed by atoms with Crippen molar-refractivity contribution in [2.45, 2.75) is 32.1 Å². The number of piperidine rings is 1. The van der Waals surface area contributed by atoms with Gasteiger partial charge in [0, 0.05) is 31.5 Å². The predicted octanol–water partition coefficient (Wildman–Crippen LogP) is 4.16. The summed E-state index contributed by atoms with van der Waals surface area (Å²) in [6, 6.07) is 17.7. The first-order chi connectivity index (χ1) is 14.7. The van der Waals surface area contributed by atoms with E-state index in [-0.39, 0.29) is 5.91 Å². The molecular formula is C24H27N3O3. The van der Waals surface area contributed by atoms with Crippen molar-refractivity contribution in [1.29, 1.82) is 0 Å². The summed E-state index contributed by atoms with van der Waals surface area (Å²) in [6.07, 6.45) is 3.90. The summed E-state index contributed by atoms with van der Waals surface area (Å²) in [7, 11) is 1.66. The minimum absolute atomic E-state index is 0.212. The normalized spacial score (nSPS) is 14.6. The largest absolute Gasteiger partial charge is 0.496 e. The molecule has 0 spiro atoms. The lowest BCUT2D eigenvalue weighted by Crippen LogP contribution is -2.39. The Morgan fingerprint density at radius 1 is 1.10 bits per heavy atom. The highest BCUT2D eigenvalue weighted by Crippen LogP contribution is 2.24. The Bertz CT molecular complexity index is 963. The maximum absolute atomic E-state index is 12.6. The van der Waals surface area contributed by atoms with Gasteiger partial charge in [-0.1, -0.05) is 53.7 Å². The molecular weight excluding hydrogens is 378 g/mol. The Morgan fingerprint density at radius 2 is 1.83 bits per heavy atom. The fraction of sp³-hybridized carbons (Fsp3) is 0.375. The smallest absolute Gasteiger partial charge is 0.227 e. The molecule has 1 fully saturated rings. The quantitative estimate of drug-likeness (QED) is 0.590. The number of para-hydroxylation sites is 1. The van der Waals surface area contributed by atoms with E-state index in [0.29, 0.717) is 30.5 Å². The highest BCUT2D eigenvalue weighted by Gasteiger charge is 2.24. The highest BCUT2D eigenvalue weighted by molar-refractivity contribution is 5.76. The highest BCUT2D eigenvalue weighted by atomic mass is 16.5. The van der Waals surface area contributed by atoms with Crippen LogP contribution in [0.3, 0.4) is 0 Å². The lowest BCUT2D eigenvalue weighted by atomic mass is 9.93. The molecule has 0 bridgehead atoms. The average molecular weight is 405 g/mol. The number of rotatable bonds is 7. The van der Waals surface area contributed by atoms with E-state index in [0.717, 1.165) is 49.2 Å². The van der Waals surface area contributed by atoms with Crippen LogP contribution in [0.15, 0.2) is 59.1 Å². The summed E-state index contributed by atoms with van der Waals surface area (Å²) in [5.41, 5.74) is 2.04. The van der Waals surface area contributed by atoms with E-state index in [2.05, 4.69) is 10.1 Å². The number of amides is 1. The van der Waals surface area contributed by atoms with E-state index in [1.165, 1.54) is 0 Å². The van der Waals surface area contributed by atoms with Gasteiger partial charge in [0.25, 0.3) is 0 Å². The maximum atomic E-state index is 12.6. The lowest BCUT2D eigenvalue weighted by Gasteiger charge is -2.31. The van der Waals surface area contributed by atoms with Gasteiger partial charge in [0.2, 0.25) is 17.6 Å². The Labute approximate surface area is 176 Å². The Kier molecular flexibility index (Phi) is 6.42. The number of ether oxygens (including phenoxy) is 1. The van der Waals surface area contributed by atoms with Crippen molar-refractivity contribution in [3.63, 3.8) is 0 Å². The zero-order valence-electron chi connectivity index (χ0n) is 17.3. The first-order valence-electron chi connectivity index (χ1n) is 10.5. The van der Waals surface area contributed by atoms with E-state index >= 15 is 0 Å². The van der Waals surface area contributed by atoms with Gasteiger partial charge in [0.1, 0.15) is 5.75 Å². The van der Waals surface area contributed by atoms with Crippen molar-refractivity contribution in [1.82, 2.24) is 15.0 Å². The van der Waals surface area contributed by atoms with Crippen LogP contribution in [-0.4, -0.2) is 41.1 Å². The standard InChI is InChI=1S/C24H27N3O3/c1-29-21-10-6-5-7-19(21)11-12-23(28)27-15-13-18(14-16-27)17-22-25-24(26-30-22)20-8-3-2-4-9-20/h2-10,18H,11-17H2,1H3. The third kappa shape index (κ3) is 4.87. The van der Waals surface area contributed by atoms with Crippen LogP contribution in [0.4, 0.5) is 0 Å². The number of hydrogen-bond donors (Lipinski definition) is 0. The van der Waals surface area contributed by atoms with Crippen LogP contribution in [0, 0.1) is 5.92 Å². The summed E-state index contributed by atoms with van der Waals surface area (Å²) in [5.74, 6) is 2.83. The van der Waals surface area contributed by atoms with Gasteiger partial charge >= 0.3 is 0 Å². The van der Waals surface area contributed by atoms with E-state index in [9.17, 15) is 4.79 Å². The first kappa shape index (κ1) is 20.1. The Balaban J connectivity index is 1.25. The fourth-order valence-electron chi connectivity index (χ4n) is 3.98. The Hall–Kier alpha value is -3.15. The van der Waals surface area contributed by atoms with E-state index in [4.69, 9.17) is 9.26 Å². The van der Waals surface area contributed by atoms with Crippen molar-refractivity contribution in [2.75, 3.05) is 20.2 Å². The number of aryl methyl sites for hydroxylation is 1. The predicted molar refractivity (Wildman–Crippen MR) is 114 cm³/mol. The molecule has 30 heavy (non-hydrogen) atoms. The molecule has 1 aliphatic heterocycles. The molecule has 6 nitrogen and oxygen atoms in total. The van der Waals surface area contributed by atoms with Crippen LogP contribution in [0.1, 0.15) is 30.7 Å². The van der Waals surface area contributed by atoms with Crippen molar-refractivity contribution in [3.8, 4) is 17.1 Å². The Morgan fingerprint density at radius 3 is 2.60 bits per heavy atom. The van der Waals surface area contributed by atoms with E-state index < -0.39 is 0 Å². The second kappa shape index (κ2) is 9.57. The number of carbonyl (C=O) groups excluding carboxylic acids is 1. The molecule has 1 saturated heterocycles. The average Bonchev–Trinajstić information content (AvgIpc) is 3.27. The summed E-state index contributed by atoms with van der Waals surface area (Å²) in [4.78, 5) is 19.2. The summed E-state index contributed by atoms with van der Waals surface area (Å²) in [5, 5.41) is 4.10. The molecule has 2 aromatic carbocycles. The summed E-state index contributed by atoms with van der Waals surface area (Å²) in [6.45, 7) is 1.57. The van der Waals surface area contributed by atoms with Crippen molar-refractivity contribution in [3.05, 3.63) is 66.1 Å². The minimum Gasteiger partial charge on any atom is -0.496 e. The van der Waals surface area contributed by atoms with Gasteiger partial charge in [0.05, 0.1) is 7.11 Å². The van der Waals surface area contributed by atoms with Crippen LogP contribution < -0.4 is 4.74 Å². The molecule has 156 valence electrons. The van der Waals surface area contributed by atoms with Gasteiger partial charge in [-0.2, -0.15) is 4.98 Å². The van der Waals surface area contributed by atoms with Gasteiger partial charge in [0.15, 0.2) is 0 Å². The van der Waals surface area contributed by atoms with Crippen molar-refractivity contribution >= 4 is 5.91 Å². The number of likely N-dealkylation sites (tertiary alicyclic amines) is 1. The molecule has 0 saturated carbocycles. The fourth-order valence-corrected chi connectivity index (χ4v) is 3.98. The minimum atomic E-state index is 0.212. The van der Waals surface area contributed by atoms with Crippen molar-refractivity contribution < 1.29 is 14.1 Å². The molecule has 1 aliphatic rings. The number of hydrogen-bond acceptors (Lipinski definition) is 5.